The first kappa shape index (κ1) is 9.17. The van der Waals surface area contributed by atoms with Crippen LogP contribution in [0.25, 0.3) is 0 Å². The standard InChI is InChI=1S/C12H22N2/c1-10-5-14(6-10)7-11-3-12(4-11)8-13(2)9-12/h10-11H,3-9H2,1-2H3. The summed E-state index contributed by atoms with van der Waals surface area (Å²) in [5.74, 6) is 2.01. The molecule has 14 heavy (non-hydrogen) atoms. The molecule has 3 fully saturated rings. The van der Waals surface area contributed by atoms with Gasteiger partial charge in [0.25, 0.3) is 0 Å². The Morgan fingerprint density at radius 1 is 1.21 bits per heavy atom. The minimum atomic E-state index is 0.788. The molecule has 1 spiro atoms. The Morgan fingerprint density at radius 3 is 2.36 bits per heavy atom. The number of rotatable bonds is 2. The van der Waals surface area contributed by atoms with Crippen LogP contribution in [0.5, 0.6) is 0 Å². The van der Waals surface area contributed by atoms with Crippen molar-refractivity contribution >= 4 is 0 Å². The van der Waals surface area contributed by atoms with Crippen LogP contribution in [0.4, 0.5) is 0 Å². The normalized spacial score (nSPS) is 33.9. The van der Waals surface area contributed by atoms with E-state index >= 15 is 0 Å². The molecular formula is C12H22N2. The van der Waals surface area contributed by atoms with Gasteiger partial charge in [0.05, 0.1) is 0 Å². The topological polar surface area (TPSA) is 6.48 Å². The fourth-order valence-electron chi connectivity index (χ4n) is 3.99. The van der Waals surface area contributed by atoms with E-state index in [-0.39, 0.29) is 0 Å². The molecule has 1 saturated carbocycles. The molecule has 0 amide bonds. The van der Waals surface area contributed by atoms with Crippen molar-refractivity contribution in [2.24, 2.45) is 17.3 Å². The van der Waals surface area contributed by atoms with Gasteiger partial charge in [0.2, 0.25) is 0 Å². The smallest absolute Gasteiger partial charge is 0.00476 e. The molecule has 0 radical (unpaired) electrons. The predicted molar refractivity (Wildman–Crippen MR) is 58.3 cm³/mol. The molecule has 3 rings (SSSR count). The second-order valence-electron chi connectivity index (χ2n) is 6.27. The van der Waals surface area contributed by atoms with E-state index in [2.05, 4.69) is 23.8 Å². The van der Waals surface area contributed by atoms with Crippen molar-refractivity contribution in [2.45, 2.75) is 19.8 Å². The minimum Gasteiger partial charge on any atom is -0.305 e. The molecule has 80 valence electrons. The Balaban J connectivity index is 1.39. The maximum absolute atomic E-state index is 2.64. The summed E-state index contributed by atoms with van der Waals surface area (Å²) >= 11 is 0. The lowest BCUT2D eigenvalue weighted by Crippen LogP contribution is -2.62. The molecule has 2 heterocycles. The lowest BCUT2D eigenvalue weighted by molar-refractivity contribution is -0.0951. The zero-order valence-electron chi connectivity index (χ0n) is 9.50. The largest absolute Gasteiger partial charge is 0.305 e. The third-order valence-corrected chi connectivity index (χ3v) is 4.31. The van der Waals surface area contributed by atoms with E-state index in [4.69, 9.17) is 0 Å². The Morgan fingerprint density at radius 2 is 1.86 bits per heavy atom. The van der Waals surface area contributed by atoms with Gasteiger partial charge >= 0.3 is 0 Å². The van der Waals surface area contributed by atoms with Crippen LogP contribution < -0.4 is 0 Å². The molecule has 2 nitrogen and oxygen atoms in total. The highest BCUT2D eigenvalue weighted by Gasteiger charge is 2.51. The number of hydrogen-bond donors (Lipinski definition) is 0. The first-order valence-electron chi connectivity index (χ1n) is 6.06. The van der Waals surface area contributed by atoms with E-state index < -0.39 is 0 Å². The summed E-state index contributed by atoms with van der Waals surface area (Å²) in [7, 11) is 2.25. The lowest BCUT2D eigenvalue weighted by Gasteiger charge is -2.59. The maximum atomic E-state index is 2.64. The highest BCUT2D eigenvalue weighted by atomic mass is 15.2. The highest BCUT2D eigenvalue weighted by Crippen LogP contribution is 2.51. The van der Waals surface area contributed by atoms with E-state index in [1.807, 2.05) is 0 Å². The van der Waals surface area contributed by atoms with E-state index in [9.17, 15) is 0 Å². The Kier molecular flexibility index (Phi) is 1.94. The molecule has 2 saturated heterocycles. The Bertz CT molecular complexity index is 216. The molecule has 2 heteroatoms. The summed E-state index contributed by atoms with van der Waals surface area (Å²) in [5, 5.41) is 0. The molecule has 0 aromatic heterocycles. The molecule has 1 aliphatic carbocycles. The summed E-state index contributed by atoms with van der Waals surface area (Å²) in [6.07, 6.45) is 3.03. The van der Waals surface area contributed by atoms with Crippen molar-refractivity contribution in [3.8, 4) is 0 Å². The van der Waals surface area contributed by atoms with Gasteiger partial charge in [-0.3, -0.25) is 0 Å². The van der Waals surface area contributed by atoms with Crippen LogP contribution in [0.2, 0.25) is 0 Å². The average Bonchev–Trinajstić information content (AvgIpc) is 1.94. The molecule has 0 N–H and O–H groups in total. The quantitative estimate of drug-likeness (QED) is 0.653. The molecule has 0 unspecified atom stereocenters. The van der Waals surface area contributed by atoms with E-state index in [0.717, 1.165) is 17.3 Å². The maximum Gasteiger partial charge on any atom is 0.00476 e. The summed E-state index contributed by atoms with van der Waals surface area (Å²) < 4.78 is 0. The van der Waals surface area contributed by atoms with Crippen LogP contribution >= 0.6 is 0 Å². The van der Waals surface area contributed by atoms with Gasteiger partial charge < -0.3 is 9.80 Å². The molecule has 0 aromatic carbocycles. The van der Waals surface area contributed by atoms with Crippen molar-refractivity contribution < 1.29 is 0 Å². The lowest BCUT2D eigenvalue weighted by atomic mass is 9.57. The molecular weight excluding hydrogens is 172 g/mol. The fourth-order valence-corrected chi connectivity index (χ4v) is 3.99. The summed E-state index contributed by atoms with van der Waals surface area (Å²) in [6.45, 7) is 9.24. The monoisotopic (exact) mass is 194 g/mol. The van der Waals surface area contributed by atoms with Gasteiger partial charge in [0, 0.05) is 32.7 Å². The summed E-state index contributed by atoms with van der Waals surface area (Å²) in [4.78, 5) is 5.10. The van der Waals surface area contributed by atoms with Crippen molar-refractivity contribution in [2.75, 3.05) is 39.8 Å². The van der Waals surface area contributed by atoms with Crippen molar-refractivity contribution in [3.05, 3.63) is 0 Å². The van der Waals surface area contributed by atoms with E-state index in [1.165, 1.54) is 45.6 Å². The first-order chi connectivity index (χ1) is 6.65. The fraction of sp³-hybridized carbons (Fsp3) is 1.00. The average molecular weight is 194 g/mol. The van der Waals surface area contributed by atoms with Gasteiger partial charge in [-0.05, 0) is 37.1 Å². The van der Waals surface area contributed by atoms with E-state index in [1.54, 1.807) is 0 Å². The molecule has 0 atom stereocenters. The van der Waals surface area contributed by atoms with Crippen LogP contribution in [0.1, 0.15) is 19.8 Å². The molecule has 0 aromatic rings. The van der Waals surface area contributed by atoms with Crippen LogP contribution in [-0.2, 0) is 0 Å². The van der Waals surface area contributed by atoms with Crippen molar-refractivity contribution in [1.29, 1.82) is 0 Å². The van der Waals surface area contributed by atoms with Crippen LogP contribution in [0.15, 0.2) is 0 Å². The molecule has 0 bridgehead atoms. The minimum absolute atomic E-state index is 0.788. The summed E-state index contributed by atoms with van der Waals surface area (Å²) in [5.41, 5.74) is 0.788. The Labute approximate surface area is 87.3 Å². The van der Waals surface area contributed by atoms with Crippen LogP contribution in [0, 0.1) is 17.3 Å². The van der Waals surface area contributed by atoms with Gasteiger partial charge in [-0.1, -0.05) is 6.92 Å². The van der Waals surface area contributed by atoms with E-state index in [0.29, 0.717) is 0 Å². The van der Waals surface area contributed by atoms with Crippen molar-refractivity contribution in [1.82, 2.24) is 9.80 Å². The Hall–Kier alpha value is -0.0800. The number of hydrogen-bond acceptors (Lipinski definition) is 2. The van der Waals surface area contributed by atoms with Crippen molar-refractivity contribution in [3.63, 3.8) is 0 Å². The predicted octanol–water partition coefficient (Wildman–Crippen LogP) is 1.28. The van der Waals surface area contributed by atoms with Crippen LogP contribution in [-0.4, -0.2) is 49.6 Å². The second-order valence-corrected chi connectivity index (χ2v) is 6.27. The number of nitrogens with zero attached hydrogens (tertiary/aromatic N) is 2. The third kappa shape index (κ3) is 1.40. The third-order valence-electron chi connectivity index (χ3n) is 4.31. The van der Waals surface area contributed by atoms with Gasteiger partial charge in [-0.25, -0.2) is 0 Å². The van der Waals surface area contributed by atoms with Gasteiger partial charge in [-0.15, -0.1) is 0 Å². The van der Waals surface area contributed by atoms with Gasteiger partial charge in [0.15, 0.2) is 0 Å². The van der Waals surface area contributed by atoms with Gasteiger partial charge in [0.1, 0.15) is 0 Å². The van der Waals surface area contributed by atoms with Gasteiger partial charge in [-0.2, -0.15) is 0 Å². The summed E-state index contributed by atoms with van der Waals surface area (Å²) in [6, 6.07) is 0. The van der Waals surface area contributed by atoms with Crippen LogP contribution in [0.3, 0.4) is 0 Å². The zero-order valence-corrected chi connectivity index (χ0v) is 9.50. The molecule has 3 aliphatic rings. The SMILES string of the molecule is CC1CN(CC2CC3(C2)CN(C)C3)C1. The molecule has 2 aliphatic heterocycles. The zero-order chi connectivity index (χ0) is 9.76. The highest BCUT2D eigenvalue weighted by molar-refractivity contribution is 5.04. The number of likely N-dealkylation sites (tertiary alicyclic amines) is 2. The second kappa shape index (κ2) is 2.96. The first-order valence-corrected chi connectivity index (χ1v) is 6.06.